The molecule has 0 bridgehead atoms. The lowest BCUT2D eigenvalue weighted by Gasteiger charge is -2.22. The molecule has 2 aromatic rings. The highest BCUT2D eigenvalue weighted by molar-refractivity contribution is 8.00. The molecule has 1 fully saturated rings. The zero-order valence-corrected chi connectivity index (χ0v) is 18.3. The van der Waals surface area contributed by atoms with Crippen molar-refractivity contribution in [1.29, 1.82) is 0 Å². The molecular formula is C25H30N2O2S. The minimum absolute atomic E-state index is 0.0114. The average Bonchev–Trinajstić information content (AvgIpc) is 3.18. The number of benzene rings is 2. The molecule has 2 aromatic carbocycles. The Kier molecular flexibility index (Phi) is 7.11. The van der Waals surface area contributed by atoms with Gasteiger partial charge in [0.05, 0.1) is 11.3 Å². The van der Waals surface area contributed by atoms with Crippen LogP contribution >= 0.6 is 11.8 Å². The van der Waals surface area contributed by atoms with Gasteiger partial charge in [0, 0.05) is 23.2 Å². The first-order valence-corrected chi connectivity index (χ1v) is 12.1. The van der Waals surface area contributed by atoms with Crippen molar-refractivity contribution < 1.29 is 9.59 Å². The van der Waals surface area contributed by atoms with E-state index in [4.69, 9.17) is 0 Å². The predicted octanol–water partition coefficient (Wildman–Crippen LogP) is 5.21. The number of anilines is 1. The van der Waals surface area contributed by atoms with E-state index in [0.717, 1.165) is 36.4 Å². The van der Waals surface area contributed by atoms with E-state index in [-0.39, 0.29) is 17.9 Å². The third-order valence-electron chi connectivity index (χ3n) is 6.11. The molecule has 0 saturated heterocycles. The lowest BCUT2D eigenvalue weighted by molar-refractivity contribution is -0.116. The number of rotatable bonds is 5. The molecule has 1 aliphatic heterocycles. The predicted molar refractivity (Wildman–Crippen MR) is 123 cm³/mol. The van der Waals surface area contributed by atoms with E-state index in [1.54, 1.807) is 0 Å². The van der Waals surface area contributed by atoms with E-state index >= 15 is 0 Å². The summed E-state index contributed by atoms with van der Waals surface area (Å²) in [6.45, 7) is 0.739. The summed E-state index contributed by atoms with van der Waals surface area (Å²) in [6.07, 6.45) is 9.26. The molecule has 0 unspecified atom stereocenters. The molecule has 4 rings (SSSR count). The van der Waals surface area contributed by atoms with Gasteiger partial charge < -0.3 is 10.2 Å². The van der Waals surface area contributed by atoms with E-state index in [2.05, 4.69) is 11.4 Å². The second-order valence-corrected chi connectivity index (χ2v) is 9.24. The Hall–Kier alpha value is -2.27. The fourth-order valence-electron chi connectivity index (χ4n) is 4.46. The Balaban J connectivity index is 1.38. The second-order valence-electron chi connectivity index (χ2n) is 8.22. The third kappa shape index (κ3) is 5.07. The van der Waals surface area contributed by atoms with Crippen molar-refractivity contribution in [3.8, 4) is 0 Å². The molecule has 0 atom stereocenters. The first kappa shape index (κ1) is 21.0. The highest BCUT2D eigenvalue weighted by Gasteiger charge is 2.24. The van der Waals surface area contributed by atoms with Crippen molar-refractivity contribution in [3.05, 3.63) is 59.7 Å². The van der Waals surface area contributed by atoms with Gasteiger partial charge in [-0.25, -0.2) is 0 Å². The highest BCUT2D eigenvalue weighted by atomic mass is 32.2. The summed E-state index contributed by atoms with van der Waals surface area (Å²) in [4.78, 5) is 28.6. The molecule has 0 radical (unpaired) electrons. The van der Waals surface area contributed by atoms with Crippen LogP contribution in [0.3, 0.4) is 0 Å². The van der Waals surface area contributed by atoms with E-state index in [9.17, 15) is 9.59 Å². The largest absolute Gasteiger partial charge is 0.349 e. The van der Waals surface area contributed by atoms with Gasteiger partial charge in [0.25, 0.3) is 5.91 Å². The van der Waals surface area contributed by atoms with Crippen LogP contribution in [-0.2, 0) is 11.2 Å². The Labute approximate surface area is 183 Å². The lowest BCUT2D eigenvalue weighted by Crippen LogP contribution is -2.35. The summed E-state index contributed by atoms with van der Waals surface area (Å²) in [5.74, 6) is 0.421. The Morgan fingerprint density at radius 3 is 2.47 bits per heavy atom. The Morgan fingerprint density at radius 2 is 1.63 bits per heavy atom. The number of nitrogens with zero attached hydrogens (tertiary/aromatic N) is 1. The van der Waals surface area contributed by atoms with Gasteiger partial charge in [-0.2, -0.15) is 0 Å². The van der Waals surface area contributed by atoms with Gasteiger partial charge in [0.2, 0.25) is 5.91 Å². The molecule has 30 heavy (non-hydrogen) atoms. The second kappa shape index (κ2) is 10.2. The van der Waals surface area contributed by atoms with Gasteiger partial charge in [-0.3, -0.25) is 9.59 Å². The fourth-order valence-corrected chi connectivity index (χ4v) is 5.38. The van der Waals surface area contributed by atoms with Crippen molar-refractivity contribution in [1.82, 2.24) is 5.32 Å². The monoisotopic (exact) mass is 422 g/mol. The van der Waals surface area contributed by atoms with Crippen molar-refractivity contribution in [2.75, 3.05) is 17.2 Å². The molecule has 1 N–H and O–H groups in total. The van der Waals surface area contributed by atoms with Gasteiger partial charge in [-0.05, 0) is 43.0 Å². The summed E-state index contributed by atoms with van der Waals surface area (Å²) in [5, 5.41) is 3.25. The zero-order valence-electron chi connectivity index (χ0n) is 17.4. The van der Waals surface area contributed by atoms with Crippen LogP contribution in [0.1, 0.15) is 60.9 Å². The van der Waals surface area contributed by atoms with Crippen molar-refractivity contribution in [3.63, 3.8) is 0 Å². The molecule has 158 valence electrons. The zero-order chi connectivity index (χ0) is 20.8. The van der Waals surface area contributed by atoms with E-state index in [0.29, 0.717) is 11.3 Å². The summed E-state index contributed by atoms with van der Waals surface area (Å²) in [6, 6.07) is 16.0. The standard InChI is InChI=1S/C25H30N2O2S/c28-24(27-17-16-19-10-6-8-14-22(19)27)18-30-23-15-9-7-13-21(23)25(29)26-20-11-4-2-1-3-5-12-20/h6-10,13-15,20H,1-5,11-12,16-18H2,(H,26,29). The lowest BCUT2D eigenvalue weighted by atomic mass is 9.96. The molecular weight excluding hydrogens is 392 g/mol. The molecule has 2 amide bonds. The van der Waals surface area contributed by atoms with Crippen molar-refractivity contribution >= 4 is 29.3 Å². The van der Waals surface area contributed by atoms with Crippen LogP contribution in [0, 0.1) is 0 Å². The summed E-state index contributed by atoms with van der Waals surface area (Å²) in [7, 11) is 0. The number of para-hydroxylation sites is 1. The van der Waals surface area contributed by atoms with Crippen LogP contribution in [0.2, 0.25) is 0 Å². The first-order valence-electron chi connectivity index (χ1n) is 11.1. The molecule has 1 heterocycles. The summed E-state index contributed by atoms with van der Waals surface area (Å²) < 4.78 is 0. The molecule has 1 saturated carbocycles. The van der Waals surface area contributed by atoms with Crippen LogP contribution in [0.25, 0.3) is 0 Å². The van der Waals surface area contributed by atoms with Gasteiger partial charge in [0.1, 0.15) is 0 Å². The van der Waals surface area contributed by atoms with Gasteiger partial charge in [0.15, 0.2) is 0 Å². The van der Waals surface area contributed by atoms with Gasteiger partial charge in [-0.15, -0.1) is 11.8 Å². The minimum Gasteiger partial charge on any atom is -0.349 e. The van der Waals surface area contributed by atoms with Crippen LogP contribution in [0.5, 0.6) is 0 Å². The topological polar surface area (TPSA) is 49.4 Å². The van der Waals surface area contributed by atoms with Crippen molar-refractivity contribution in [2.45, 2.75) is 62.3 Å². The quantitative estimate of drug-likeness (QED) is 0.673. The van der Waals surface area contributed by atoms with E-state index in [1.165, 1.54) is 49.4 Å². The first-order chi connectivity index (χ1) is 14.7. The number of hydrogen-bond donors (Lipinski definition) is 1. The number of carbonyl (C=O) groups is 2. The maximum Gasteiger partial charge on any atom is 0.252 e. The molecule has 4 nitrogen and oxygen atoms in total. The maximum atomic E-state index is 13.0. The van der Waals surface area contributed by atoms with Crippen molar-refractivity contribution in [2.24, 2.45) is 0 Å². The summed E-state index contributed by atoms with van der Waals surface area (Å²) >= 11 is 1.46. The maximum absolute atomic E-state index is 13.0. The van der Waals surface area contributed by atoms with E-state index in [1.807, 2.05) is 47.4 Å². The third-order valence-corrected chi connectivity index (χ3v) is 7.17. The van der Waals surface area contributed by atoms with Gasteiger partial charge >= 0.3 is 0 Å². The van der Waals surface area contributed by atoms with Crippen LogP contribution in [0.15, 0.2) is 53.4 Å². The minimum atomic E-state index is -0.0114. The molecule has 5 heteroatoms. The number of hydrogen-bond acceptors (Lipinski definition) is 3. The summed E-state index contributed by atoms with van der Waals surface area (Å²) in [5.41, 5.74) is 2.94. The fraction of sp³-hybridized carbons (Fsp3) is 0.440. The number of amides is 2. The highest BCUT2D eigenvalue weighted by Crippen LogP contribution is 2.30. The smallest absolute Gasteiger partial charge is 0.252 e. The number of nitrogens with one attached hydrogen (secondary N) is 1. The molecule has 0 spiro atoms. The normalized spacial score (nSPS) is 17.1. The number of fused-ring (bicyclic) bond motifs is 1. The number of thioether (sulfide) groups is 1. The van der Waals surface area contributed by atoms with Crippen LogP contribution < -0.4 is 10.2 Å². The van der Waals surface area contributed by atoms with Crippen LogP contribution in [-0.4, -0.2) is 30.2 Å². The van der Waals surface area contributed by atoms with E-state index < -0.39 is 0 Å². The SMILES string of the molecule is O=C(NC1CCCCCCC1)c1ccccc1SCC(=O)N1CCc2ccccc21. The average molecular weight is 423 g/mol. The molecule has 2 aliphatic rings. The Morgan fingerprint density at radius 1 is 0.933 bits per heavy atom. The Bertz CT molecular complexity index is 890. The molecule has 1 aliphatic carbocycles. The molecule has 0 aromatic heterocycles. The van der Waals surface area contributed by atoms with Gasteiger partial charge in [-0.1, -0.05) is 62.4 Å². The number of carbonyl (C=O) groups excluding carboxylic acids is 2. The van der Waals surface area contributed by atoms with Crippen LogP contribution in [0.4, 0.5) is 5.69 Å².